The zero-order valence-electron chi connectivity index (χ0n) is 15.6. The lowest BCUT2D eigenvalue weighted by Crippen LogP contribution is -2.39. The van der Waals surface area contributed by atoms with E-state index in [1.165, 1.54) is 11.3 Å². The van der Waals surface area contributed by atoms with E-state index in [0.29, 0.717) is 23.7 Å². The molecular formula is C19H25ClN4O3S. The van der Waals surface area contributed by atoms with Gasteiger partial charge in [-0.2, -0.15) is 0 Å². The van der Waals surface area contributed by atoms with Gasteiger partial charge in [0.15, 0.2) is 0 Å². The van der Waals surface area contributed by atoms with E-state index in [9.17, 15) is 9.59 Å². The average Bonchev–Trinajstić information content (AvgIpc) is 2.93. The Morgan fingerprint density at radius 1 is 1.25 bits per heavy atom. The van der Waals surface area contributed by atoms with E-state index in [0.717, 1.165) is 35.5 Å². The van der Waals surface area contributed by atoms with Crippen molar-refractivity contribution in [2.45, 2.75) is 25.3 Å². The fourth-order valence-electron chi connectivity index (χ4n) is 3.18. The second-order valence-corrected chi connectivity index (χ2v) is 7.63. The van der Waals surface area contributed by atoms with Crippen molar-refractivity contribution in [1.82, 2.24) is 4.90 Å². The Hall–Kier alpha value is -2.29. The molecule has 2 heterocycles. The van der Waals surface area contributed by atoms with Crippen molar-refractivity contribution in [2.75, 3.05) is 25.5 Å². The molecule has 1 aliphatic heterocycles. The summed E-state index contributed by atoms with van der Waals surface area (Å²) < 4.78 is 5.18. The smallest absolute Gasteiger partial charge is 0.317 e. The first-order chi connectivity index (χ1) is 13.0. The molecular weight excluding hydrogens is 400 g/mol. The Bertz CT molecular complexity index is 825. The molecule has 1 fully saturated rings. The monoisotopic (exact) mass is 424 g/mol. The molecule has 0 radical (unpaired) electrons. The highest BCUT2D eigenvalue weighted by atomic mass is 35.5. The highest BCUT2D eigenvalue weighted by molar-refractivity contribution is 7.20. The lowest BCUT2D eigenvalue weighted by Gasteiger charge is -2.22. The van der Waals surface area contributed by atoms with E-state index in [2.05, 4.69) is 5.32 Å². The molecule has 28 heavy (non-hydrogen) atoms. The summed E-state index contributed by atoms with van der Waals surface area (Å²) in [6, 6.07) is 8.61. The topological polar surface area (TPSA) is 111 Å². The van der Waals surface area contributed by atoms with Crippen molar-refractivity contribution in [3.05, 3.63) is 35.9 Å². The molecule has 9 heteroatoms. The largest absolute Gasteiger partial charge is 0.497 e. The summed E-state index contributed by atoms with van der Waals surface area (Å²) in [5.74, 6) is 0.618. The lowest BCUT2D eigenvalue weighted by molar-refractivity contribution is 0.0756. The van der Waals surface area contributed by atoms with Gasteiger partial charge in [-0.3, -0.25) is 10.1 Å². The van der Waals surface area contributed by atoms with E-state index in [4.69, 9.17) is 16.2 Å². The number of methoxy groups -OCH3 is 1. The van der Waals surface area contributed by atoms with E-state index in [1.807, 2.05) is 24.3 Å². The second kappa shape index (κ2) is 9.77. The summed E-state index contributed by atoms with van der Waals surface area (Å²) in [5, 5.41) is 3.04. The number of nitrogens with one attached hydrogen (secondary N) is 1. The van der Waals surface area contributed by atoms with Crippen molar-refractivity contribution < 1.29 is 14.3 Å². The fraction of sp³-hybridized carbons (Fsp3) is 0.368. The Labute approximate surface area is 174 Å². The summed E-state index contributed by atoms with van der Waals surface area (Å²) >= 11 is 1.32. The van der Waals surface area contributed by atoms with Gasteiger partial charge >= 0.3 is 6.03 Å². The molecule has 0 bridgehead atoms. The maximum atomic E-state index is 13.1. The van der Waals surface area contributed by atoms with Crippen LogP contribution < -0.4 is 21.5 Å². The number of benzene rings is 1. The van der Waals surface area contributed by atoms with Gasteiger partial charge in [-0.1, -0.05) is 6.42 Å². The van der Waals surface area contributed by atoms with Crippen LogP contribution in [-0.4, -0.2) is 43.1 Å². The van der Waals surface area contributed by atoms with Crippen LogP contribution in [0.1, 0.15) is 29.6 Å². The van der Waals surface area contributed by atoms with Crippen molar-refractivity contribution in [1.29, 1.82) is 0 Å². The number of carbonyl (C=O) groups is 2. The van der Waals surface area contributed by atoms with Crippen molar-refractivity contribution in [3.8, 4) is 16.2 Å². The predicted octanol–water partition coefficient (Wildman–Crippen LogP) is 3.29. The standard InChI is InChI=1S/C19H24N4O3S.ClH/c1-26-14-7-5-12(6-8-14)16-10-15(17(27-16)22-19(21)25)18(24)23-9-3-2-4-13(20)11-23;/h5-8,10,13H,2-4,9,11,20H2,1H3,(H3,21,22,25);1H/t13-;/m0./s1. The number of nitrogens with two attached hydrogens (primary N) is 2. The number of ether oxygens (including phenoxy) is 1. The molecule has 1 aromatic heterocycles. The zero-order chi connectivity index (χ0) is 19.4. The molecule has 0 spiro atoms. The number of carbonyl (C=O) groups excluding carboxylic acids is 2. The van der Waals surface area contributed by atoms with Gasteiger partial charge < -0.3 is 21.1 Å². The third kappa shape index (κ3) is 5.15. The lowest BCUT2D eigenvalue weighted by atomic mass is 10.1. The molecule has 0 unspecified atom stereocenters. The van der Waals surface area contributed by atoms with Gasteiger partial charge in [0.25, 0.3) is 5.91 Å². The third-order valence-corrected chi connectivity index (χ3v) is 5.67. The number of anilines is 1. The Morgan fingerprint density at radius 2 is 1.96 bits per heavy atom. The second-order valence-electron chi connectivity index (χ2n) is 6.58. The van der Waals surface area contributed by atoms with Crippen LogP contribution in [0.25, 0.3) is 10.4 Å². The molecule has 2 aromatic rings. The highest BCUT2D eigenvalue weighted by Gasteiger charge is 2.25. The molecule has 3 amide bonds. The summed E-state index contributed by atoms with van der Waals surface area (Å²) in [4.78, 5) is 27.2. The SMILES string of the molecule is COc1ccc(-c2cc(C(=O)N3CCCC[C@H](N)C3)c(NC(N)=O)s2)cc1.Cl. The summed E-state index contributed by atoms with van der Waals surface area (Å²) in [6.45, 7) is 1.18. The molecule has 1 saturated heterocycles. The molecule has 3 rings (SSSR count). The van der Waals surface area contributed by atoms with E-state index in [1.54, 1.807) is 18.1 Å². The highest BCUT2D eigenvalue weighted by Crippen LogP contribution is 2.37. The van der Waals surface area contributed by atoms with Gasteiger partial charge in [-0.25, -0.2) is 4.79 Å². The number of primary amides is 1. The predicted molar refractivity (Wildman–Crippen MR) is 114 cm³/mol. The van der Waals surface area contributed by atoms with Crippen molar-refractivity contribution in [2.24, 2.45) is 11.5 Å². The fourth-order valence-corrected chi connectivity index (χ4v) is 4.24. The quantitative estimate of drug-likeness (QED) is 0.699. The number of amides is 3. The van der Waals surface area contributed by atoms with Gasteiger partial charge in [0.05, 0.1) is 12.7 Å². The number of nitrogens with zero attached hydrogens (tertiary/aromatic N) is 1. The van der Waals surface area contributed by atoms with Crippen LogP contribution >= 0.6 is 23.7 Å². The maximum Gasteiger partial charge on any atom is 0.317 e. The van der Waals surface area contributed by atoms with Crippen LogP contribution in [0.4, 0.5) is 9.80 Å². The number of halogens is 1. The number of rotatable bonds is 4. The zero-order valence-corrected chi connectivity index (χ0v) is 17.3. The number of hydrogen-bond acceptors (Lipinski definition) is 5. The van der Waals surface area contributed by atoms with Gasteiger partial charge in [0.2, 0.25) is 0 Å². The van der Waals surface area contributed by atoms with Gasteiger partial charge in [-0.15, -0.1) is 23.7 Å². The van der Waals surface area contributed by atoms with Crippen LogP contribution in [-0.2, 0) is 0 Å². The minimum atomic E-state index is -0.695. The van der Waals surface area contributed by atoms with Crippen LogP contribution in [0.15, 0.2) is 30.3 Å². The normalized spacial score (nSPS) is 16.6. The number of likely N-dealkylation sites (tertiary alicyclic amines) is 1. The Balaban J connectivity index is 0.00000280. The molecule has 1 aromatic carbocycles. The van der Waals surface area contributed by atoms with E-state index >= 15 is 0 Å². The average molecular weight is 425 g/mol. The first kappa shape index (κ1) is 22.0. The summed E-state index contributed by atoms with van der Waals surface area (Å²) in [5.41, 5.74) is 12.8. The molecule has 0 saturated carbocycles. The summed E-state index contributed by atoms with van der Waals surface area (Å²) in [7, 11) is 1.61. The minimum absolute atomic E-state index is 0. The van der Waals surface area contributed by atoms with Crippen LogP contribution in [0.2, 0.25) is 0 Å². The van der Waals surface area contributed by atoms with Crippen LogP contribution in [0.3, 0.4) is 0 Å². The summed E-state index contributed by atoms with van der Waals surface area (Å²) in [6.07, 6.45) is 2.85. The van der Waals surface area contributed by atoms with Gasteiger partial charge in [0.1, 0.15) is 10.8 Å². The minimum Gasteiger partial charge on any atom is -0.497 e. The van der Waals surface area contributed by atoms with Gasteiger partial charge in [-0.05, 0) is 48.7 Å². The first-order valence-corrected chi connectivity index (χ1v) is 9.69. The Morgan fingerprint density at radius 3 is 2.61 bits per heavy atom. The molecule has 5 N–H and O–H groups in total. The third-order valence-electron chi connectivity index (χ3n) is 4.57. The van der Waals surface area contributed by atoms with Crippen molar-refractivity contribution >= 4 is 40.7 Å². The molecule has 0 aliphatic carbocycles. The number of urea groups is 1. The first-order valence-electron chi connectivity index (χ1n) is 8.87. The van der Waals surface area contributed by atoms with Crippen LogP contribution in [0, 0.1) is 0 Å². The van der Waals surface area contributed by atoms with Gasteiger partial charge in [0, 0.05) is 24.0 Å². The number of hydrogen-bond donors (Lipinski definition) is 3. The van der Waals surface area contributed by atoms with Crippen molar-refractivity contribution in [3.63, 3.8) is 0 Å². The molecule has 7 nitrogen and oxygen atoms in total. The van der Waals surface area contributed by atoms with E-state index < -0.39 is 6.03 Å². The molecule has 1 atom stereocenters. The molecule has 152 valence electrons. The van der Waals surface area contributed by atoms with Crippen LogP contribution in [0.5, 0.6) is 5.75 Å². The van der Waals surface area contributed by atoms with E-state index in [-0.39, 0.29) is 24.4 Å². The Kier molecular flexibility index (Phi) is 7.68. The maximum absolute atomic E-state index is 13.1. The number of thiophene rings is 1. The molecule has 1 aliphatic rings.